The van der Waals surface area contributed by atoms with Crippen molar-refractivity contribution in [2.24, 2.45) is 5.92 Å². The number of nitrogens with zero attached hydrogens (tertiary/aromatic N) is 2. The molecule has 0 aliphatic carbocycles. The van der Waals surface area contributed by atoms with Gasteiger partial charge in [-0.25, -0.2) is 4.79 Å². The fourth-order valence-electron chi connectivity index (χ4n) is 6.14. The standard InChI is InChI=1S/C32H33N3O4/c33-22-25-10-7-8-15-28(25)30(36)34-18-9-19-35-20-16-24(17-21-35)29(23-35)39-31(37)32(38,26-11-3-1-4-12-26)27-13-5-2-6-14-27/h1-8,10-15,24,29,38H,9,16-21,23H2/p+1. The Kier molecular flexibility index (Phi) is 7.78. The van der Waals surface area contributed by atoms with Crippen LogP contribution in [0.3, 0.4) is 0 Å². The molecule has 7 heteroatoms. The average molecular weight is 525 g/mol. The molecule has 1 unspecified atom stereocenters. The Morgan fingerprint density at radius 3 is 2.15 bits per heavy atom. The quantitative estimate of drug-likeness (QED) is 0.252. The molecule has 0 radical (unpaired) electrons. The fraction of sp³-hybridized carbons (Fsp3) is 0.344. The highest BCUT2D eigenvalue weighted by Crippen LogP contribution is 2.38. The van der Waals surface area contributed by atoms with Gasteiger partial charge in [0.2, 0.25) is 5.60 Å². The van der Waals surface area contributed by atoms with Gasteiger partial charge in [0, 0.05) is 31.7 Å². The Morgan fingerprint density at radius 2 is 1.54 bits per heavy atom. The molecule has 2 N–H and O–H groups in total. The van der Waals surface area contributed by atoms with E-state index in [2.05, 4.69) is 11.4 Å². The van der Waals surface area contributed by atoms with E-state index in [-0.39, 0.29) is 17.9 Å². The van der Waals surface area contributed by atoms with E-state index in [0.717, 1.165) is 43.4 Å². The molecule has 3 aliphatic heterocycles. The highest BCUT2D eigenvalue weighted by molar-refractivity contribution is 5.96. The number of rotatable bonds is 9. The minimum absolute atomic E-state index is 0.239. The molecule has 39 heavy (non-hydrogen) atoms. The molecule has 6 rings (SSSR count). The maximum absolute atomic E-state index is 13.7. The normalized spacial score (nSPS) is 22.1. The summed E-state index contributed by atoms with van der Waals surface area (Å²) in [5.74, 6) is -0.593. The third kappa shape index (κ3) is 5.44. The van der Waals surface area contributed by atoms with Crippen molar-refractivity contribution in [1.29, 1.82) is 5.26 Å². The van der Waals surface area contributed by atoms with Crippen LogP contribution in [0.1, 0.15) is 46.3 Å². The number of carbonyl (C=O) groups excluding carboxylic acids is 2. The first-order chi connectivity index (χ1) is 18.9. The van der Waals surface area contributed by atoms with Crippen molar-refractivity contribution in [2.45, 2.75) is 31.0 Å². The number of ether oxygens (including phenoxy) is 1. The van der Waals surface area contributed by atoms with Crippen LogP contribution in [0.25, 0.3) is 0 Å². The summed E-state index contributed by atoms with van der Waals surface area (Å²) in [7, 11) is 0. The number of fused-ring (bicyclic) bond motifs is 3. The molecule has 1 atom stereocenters. The summed E-state index contributed by atoms with van der Waals surface area (Å²) in [4.78, 5) is 26.3. The number of aliphatic hydroxyl groups is 1. The van der Waals surface area contributed by atoms with Crippen molar-refractivity contribution in [3.05, 3.63) is 107 Å². The van der Waals surface area contributed by atoms with Crippen LogP contribution >= 0.6 is 0 Å². The molecule has 7 nitrogen and oxygen atoms in total. The molecule has 0 spiro atoms. The van der Waals surface area contributed by atoms with Crippen LogP contribution in [0, 0.1) is 17.2 Å². The highest BCUT2D eigenvalue weighted by atomic mass is 16.6. The Hall–Kier alpha value is -3.99. The lowest BCUT2D eigenvalue weighted by molar-refractivity contribution is -0.946. The van der Waals surface area contributed by atoms with E-state index in [1.807, 2.05) is 36.4 Å². The molecule has 2 bridgehead atoms. The summed E-state index contributed by atoms with van der Waals surface area (Å²) in [5.41, 5.74) is -0.156. The van der Waals surface area contributed by atoms with Crippen LogP contribution in [0.2, 0.25) is 0 Å². The van der Waals surface area contributed by atoms with Crippen molar-refractivity contribution >= 4 is 11.9 Å². The van der Waals surface area contributed by atoms with E-state index in [1.54, 1.807) is 48.5 Å². The Labute approximate surface area is 229 Å². The second-order valence-corrected chi connectivity index (χ2v) is 10.7. The van der Waals surface area contributed by atoms with E-state index in [4.69, 9.17) is 4.74 Å². The van der Waals surface area contributed by atoms with Crippen molar-refractivity contribution in [2.75, 3.05) is 32.7 Å². The zero-order valence-electron chi connectivity index (χ0n) is 22.0. The molecule has 0 aromatic heterocycles. The van der Waals surface area contributed by atoms with Gasteiger partial charge >= 0.3 is 5.97 Å². The van der Waals surface area contributed by atoms with Crippen LogP contribution in [-0.2, 0) is 15.1 Å². The van der Waals surface area contributed by atoms with Gasteiger partial charge in [-0.05, 0) is 23.3 Å². The number of nitrogens with one attached hydrogen (secondary N) is 1. The number of quaternary nitrogens is 1. The average Bonchev–Trinajstić information content (AvgIpc) is 3.00. The van der Waals surface area contributed by atoms with Crippen LogP contribution in [0.15, 0.2) is 84.9 Å². The lowest BCUT2D eigenvalue weighted by Crippen LogP contribution is -2.65. The first kappa shape index (κ1) is 26.6. The second kappa shape index (κ2) is 11.4. The second-order valence-electron chi connectivity index (χ2n) is 10.7. The number of hydrogen-bond donors (Lipinski definition) is 2. The third-order valence-corrected chi connectivity index (χ3v) is 8.37. The van der Waals surface area contributed by atoms with E-state index in [9.17, 15) is 20.0 Å². The SMILES string of the molecule is N#Cc1ccccc1C(=O)NCCC[N+]12CCC(CC1)C(OC(=O)C(O)(c1ccccc1)c1ccccc1)C2. The number of piperidine rings is 3. The minimum atomic E-state index is -1.89. The number of carbonyl (C=O) groups is 2. The number of amides is 1. The molecule has 200 valence electrons. The zero-order valence-corrected chi connectivity index (χ0v) is 22.0. The van der Waals surface area contributed by atoms with E-state index >= 15 is 0 Å². The molecule has 3 aliphatic rings. The number of nitriles is 1. The molecular formula is C32H34N3O4+. The zero-order chi connectivity index (χ0) is 27.3. The van der Waals surface area contributed by atoms with Crippen LogP contribution in [0.5, 0.6) is 0 Å². The molecule has 3 aromatic rings. The molecule has 3 saturated heterocycles. The van der Waals surface area contributed by atoms with Crippen molar-refractivity contribution < 1.29 is 23.9 Å². The summed E-state index contributed by atoms with van der Waals surface area (Å²) in [6, 6.07) is 26.8. The van der Waals surface area contributed by atoms with Gasteiger partial charge in [-0.1, -0.05) is 72.8 Å². The third-order valence-electron chi connectivity index (χ3n) is 8.37. The predicted molar refractivity (Wildman–Crippen MR) is 146 cm³/mol. The van der Waals surface area contributed by atoms with Gasteiger partial charge in [0.05, 0.1) is 36.8 Å². The summed E-state index contributed by atoms with van der Waals surface area (Å²) >= 11 is 0. The van der Waals surface area contributed by atoms with Gasteiger partial charge in [0.1, 0.15) is 6.54 Å². The first-order valence-electron chi connectivity index (χ1n) is 13.6. The van der Waals surface area contributed by atoms with E-state index in [1.165, 1.54) is 0 Å². The summed E-state index contributed by atoms with van der Waals surface area (Å²) in [6.07, 6.45) is 2.45. The van der Waals surface area contributed by atoms with Crippen molar-refractivity contribution in [1.82, 2.24) is 5.32 Å². The Bertz CT molecular complexity index is 1310. The van der Waals surface area contributed by atoms with Gasteiger partial charge in [-0.15, -0.1) is 0 Å². The van der Waals surface area contributed by atoms with Crippen molar-refractivity contribution in [3.63, 3.8) is 0 Å². The summed E-state index contributed by atoms with van der Waals surface area (Å²) < 4.78 is 6.99. The Balaban J connectivity index is 1.23. The lowest BCUT2D eigenvalue weighted by Gasteiger charge is -2.52. The molecule has 3 aromatic carbocycles. The molecule has 3 heterocycles. The summed E-state index contributed by atoms with van der Waals surface area (Å²) in [5, 5.41) is 24.0. The maximum atomic E-state index is 13.7. The monoisotopic (exact) mass is 524 g/mol. The first-order valence-corrected chi connectivity index (χ1v) is 13.6. The topological polar surface area (TPSA) is 99.4 Å². The van der Waals surface area contributed by atoms with E-state index in [0.29, 0.717) is 35.3 Å². The van der Waals surface area contributed by atoms with Crippen LogP contribution < -0.4 is 5.32 Å². The summed E-state index contributed by atoms with van der Waals surface area (Å²) in [6.45, 7) is 4.12. The maximum Gasteiger partial charge on any atom is 0.348 e. The van der Waals surface area contributed by atoms with Gasteiger partial charge in [-0.3, -0.25) is 4.79 Å². The molecule has 1 amide bonds. The lowest BCUT2D eigenvalue weighted by atomic mass is 9.82. The minimum Gasteiger partial charge on any atom is -0.453 e. The van der Waals surface area contributed by atoms with Gasteiger partial charge in [-0.2, -0.15) is 5.26 Å². The van der Waals surface area contributed by atoms with Gasteiger partial charge in [0.25, 0.3) is 5.91 Å². The van der Waals surface area contributed by atoms with Crippen LogP contribution in [0.4, 0.5) is 0 Å². The number of esters is 1. The smallest absolute Gasteiger partial charge is 0.348 e. The molecule has 3 fully saturated rings. The van der Waals surface area contributed by atoms with Gasteiger partial charge in [0.15, 0.2) is 6.10 Å². The number of benzene rings is 3. The largest absolute Gasteiger partial charge is 0.453 e. The van der Waals surface area contributed by atoms with E-state index < -0.39 is 11.6 Å². The molecular weight excluding hydrogens is 490 g/mol. The fourth-order valence-corrected chi connectivity index (χ4v) is 6.14. The van der Waals surface area contributed by atoms with Crippen molar-refractivity contribution in [3.8, 4) is 6.07 Å². The number of hydrogen-bond acceptors (Lipinski definition) is 5. The Morgan fingerprint density at radius 1 is 0.949 bits per heavy atom. The predicted octanol–water partition coefficient (Wildman–Crippen LogP) is 3.77. The highest BCUT2D eigenvalue weighted by Gasteiger charge is 2.50. The molecule has 0 saturated carbocycles. The van der Waals surface area contributed by atoms with Gasteiger partial charge < -0.3 is 19.6 Å². The van der Waals surface area contributed by atoms with Crippen LogP contribution in [-0.4, -0.2) is 60.3 Å².